The second kappa shape index (κ2) is 35.8. The van der Waals surface area contributed by atoms with Gasteiger partial charge in [0, 0.05) is 173 Å². The van der Waals surface area contributed by atoms with E-state index in [4.69, 9.17) is 4.42 Å². The van der Waals surface area contributed by atoms with E-state index in [0.717, 1.165) is 0 Å². The van der Waals surface area contributed by atoms with Crippen molar-refractivity contribution in [3.63, 3.8) is 0 Å². The van der Waals surface area contributed by atoms with Gasteiger partial charge in [0.05, 0.1) is 39.7 Å². The molecule has 119 heavy (non-hydrogen) atoms. The summed E-state index contributed by atoms with van der Waals surface area (Å²) in [5.41, 5.74) is 4.55. The maximum atomic E-state index is 13.7. The summed E-state index contributed by atoms with van der Waals surface area (Å²) in [5.74, 6) is -6.15. The lowest BCUT2D eigenvalue weighted by molar-refractivity contribution is 0.0695. The molecule has 2 aromatic carbocycles. The summed E-state index contributed by atoms with van der Waals surface area (Å²) in [5, 5.41) is 68.0. The lowest BCUT2D eigenvalue weighted by atomic mass is 9.90. The Morgan fingerprint density at radius 1 is 0.521 bits per heavy atom. The van der Waals surface area contributed by atoms with E-state index in [1.165, 1.54) is 126 Å². The van der Waals surface area contributed by atoms with E-state index in [9.17, 15) is 68.4 Å². The molecule has 8 aromatic heterocycles. The van der Waals surface area contributed by atoms with Crippen LogP contribution in [0.5, 0.6) is 5.75 Å². The summed E-state index contributed by atoms with van der Waals surface area (Å²) in [6.07, 6.45) is 15.0. The number of aryl methyl sites for hydroxylation is 8. The van der Waals surface area contributed by atoms with E-state index in [1.807, 2.05) is 7.05 Å². The molecular formula is C80H85N23O15S. The van der Waals surface area contributed by atoms with Crippen LogP contribution in [-0.2, 0) is 56.4 Å². The summed E-state index contributed by atoms with van der Waals surface area (Å²) < 4.78 is 18.0. The quantitative estimate of drug-likeness (QED) is 0.00635. The second-order valence-electron chi connectivity index (χ2n) is 28.2. The van der Waals surface area contributed by atoms with Crippen LogP contribution in [-0.4, -0.2) is 188 Å². The number of imidazole rings is 2. The lowest BCUT2D eigenvalue weighted by Gasteiger charge is -2.17. The number of phenols is 1. The molecule has 38 nitrogen and oxygen atoms in total. The van der Waals surface area contributed by atoms with Gasteiger partial charge in [0.1, 0.15) is 57.3 Å². The molecule has 10 aromatic rings. The Labute approximate surface area is 683 Å². The highest BCUT2D eigenvalue weighted by Gasteiger charge is 2.28. The first-order valence-electron chi connectivity index (χ1n) is 36.9. The molecule has 1 aliphatic heterocycles. The van der Waals surface area contributed by atoms with Crippen molar-refractivity contribution in [1.29, 1.82) is 0 Å². The maximum absolute atomic E-state index is 13.7. The molecule has 0 bridgehead atoms. The highest BCUT2D eigenvalue weighted by atomic mass is 32.1. The summed E-state index contributed by atoms with van der Waals surface area (Å²) >= 11 is 4.51. The van der Waals surface area contributed by atoms with Gasteiger partial charge >= 0.3 is 5.97 Å². The molecule has 12 rings (SSSR count). The van der Waals surface area contributed by atoms with Gasteiger partial charge in [-0.1, -0.05) is 6.07 Å². The molecule has 39 heteroatoms. The highest BCUT2D eigenvalue weighted by Crippen LogP contribution is 2.43. The first kappa shape index (κ1) is 83.4. The number of aromatic hydroxyl groups is 1. The number of amides is 8. The van der Waals surface area contributed by atoms with Crippen LogP contribution >= 0.6 is 12.6 Å². The van der Waals surface area contributed by atoms with Crippen molar-refractivity contribution in [3.05, 3.63) is 208 Å². The van der Waals surface area contributed by atoms with Crippen LogP contribution in [0, 0.1) is 0 Å². The van der Waals surface area contributed by atoms with E-state index in [0.29, 0.717) is 89.5 Å². The van der Waals surface area contributed by atoms with Crippen molar-refractivity contribution in [2.75, 3.05) is 77.0 Å². The molecule has 1 aliphatic carbocycles. The number of carbonyl (C=O) groups is 9. The SMILES string of the molecule is CC(O)=N[C@H](CCNC(=O)c1cc(NC(=O)c2cc(NC(=O)c3cc(NC(=O)c4nccn4C)cn3C)cn2C)cn1C)C(O)=Nc1cc(C(=O)Nc2cn(C)c(C(=O)Nc3cc(C(=O)Nc4cc(C(=O)NCCCN(C)CCCN=C(S)Nc5ccc(-c6c7ccc(=O)cc-7oc7cc(O)ccc67)c(C(=O)O)c5)n(C)c4)n(C)c3)n2)n(C)c1. The summed E-state index contributed by atoms with van der Waals surface area (Å²) in [7, 11) is 14.9. The van der Waals surface area contributed by atoms with Crippen molar-refractivity contribution in [1.82, 2.24) is 62.0 Å². The number of anilines is 7. The fourth-order valence-corrected chi connectivity index (χ4v) is 13.5. The number of aliphatic hydroxyl groups excluding tert-OH is 2. The third-order valence-electron chi connectivity index (χ3n) is 19.0. The Morgan fingerprint density at radius 3 is 1.57 bits per heavy atom. The topological polar surface area (TPSA) is 479 Å². The van der Waals surface area contributed by atoms with Crippen molar-refractivity contribution in [3.8, 4) is 28.2 Å². The standard InChI is InChI=1S/C80H85N23O15S/c1-43(104)85-57(19-22-83-72(109)59-29-47(38-98(59)5)88-73(110)60-31-48(39-99(60)6)89-75(112)61-32-49(40-100(61)7)90-77(114)68-81-23-26-96(68)3)70(107)86-45-30-63(102(9)36-45)76(113)94-66-42-103(10)69(93-66)78(115)91-50-33-62(101(8)41-50)74(111)87-46-28-58(97(4)37-46)71(108)82-20-11-24-95(2)25-12-21-84-80(119)92-44-13-16-53(56(27-44)79(116)117)67-54-17-14-51(105)34-64(54)118-65-35-52(106)15-18-55(65)67/h13-18,23,26-42,57,105H,11-12,19-22,24-25H2,1-10H3,(H,82,108)(H,83,109)(H,85,104)(H,86,107)(H,87,111)(H,88,110)(H,89,112)(H,90,114)(H,91,115)(H,94,113)(H,116,117)(H2,84,92,119)/t57-/m1/s1. The molecule has 0 spiro atoms. The van der Waals surface area contributed by atoms with Crippen LogP contribution in [0.3, 0.4) is 0 Å². The third-order valence-corrected chi connectivity index (χ3v) is 19.3. The average molecular weight is 1640 g/mol. The van der Waals surface area contributed by atoms with E-state index in [-0.39, 0.29) is 121 Å². The Bertz CT molecular complexity index is 6110. The number of phenolic OH excluding ortho intramolecular Hbond substituents is 1. The van der Waals surface area contributed by atoms with E-state index in [2.05, 4.69) is 90.3 Å². The molecule has 0 saturated carbocycles. The number of carbonyl (C=O) groups excluding carboxylic acids is 8. The van der Waals surface area contributed by atoms with Crippen molar-refractivity contribution >= 4 is 139 Å². The number of carboxylic acids is 1. The molecule has 1 atom stereocenters. The van der Waals surface area contributed by atoms with Crippen LogP contribution in [0.25, 0.3) is 33.4 Å². The molecule has 0 fully saturated rings. The minimum absolute atomic E-state index is 0.00745. The molecule has 616 valence electrons. The number of nitrogens with one attached hydrogen (secondary N) is 9. The normalized spacial score (nSPS) is 12.1. The fraction of sp³-hybridized carbons (Fsp3) is 0.237. The van der Waals surface area contributed by atoms with Gasteiger partial charge in [0.25, 0.3) is 47.3 Å². The number of hydrogen-bond donors (Lipinski definition) is 14. The first-order valence-corrected chi connectivity index (χ1v) is 37.4. The van der Waals surface area contributed by atoms with Crippen LogP contribution < -0.4 is 53.3 Å². The third kappa shape index (κ3) is 19.9. The zero-order chi connectivity index (χ0) is 85.4. The van der Waals surface area contributed by atoms with Gasteiger partial charge in [-0.15, -0.1) is 12.6 Å². The zero-order valence-electron chi connectivity index (χ0n) is 66.1. The Kier molecular flexibility index (Phi) is 25.1. The minimum Gasteiger partial charge on any atom is -0.508 e. The number of amidine groups is 1. The summed E-state index contributed by atoms with van der Waals surface area (Å²) in [6, 6.07) is 21.3. The highest BCUT2D eigenvalue weighted by molar-refractivity contribution is 7.97. The van der Waals surface area contributed by atoms with E-state index < -0.39 is 59.3 Å². The summed E-state index contributed by atoms with van der Waals surface area (Å²) in [6.45, 7) is 3.32. The van der Waals surface area contributed by atoms with Gasteiger partial charge in [0.15, 0.2) is 28.1 Å². The number of benzene rings is 3. The van der Waals surface area contributed by atoms with Crippen molar-refractivity contribution < 1.29 is 68.0 Å². The molecule has 2 aliphatic rings. The largest absolute Gasteiger partial charge is 0.508 e. The van der Waals surface area contributed by atoms with E-state index >= 15 is 0 Å². The number of aliphatic imine (C=N–C) groups is 3. The molecular weight excluding hydrogens is 1560 g/mol. The molecule has 0 saturated heterocycles. The van der Waals surface area contributed by atoms with Gasteiger partial charge in [-0.05, 0) is 118 Å². The molecule has 9 heterocycles. The van der Waals surface area contributed by atoms with Gasteiger partial charge < -0.3 is 114 Å². The van der Waals surface area contributed by atoms with Crippen molar-refractivity contribution in [2.24, 2.45) is 71.4 Å². The predicted octanol–water partition coefficient (Wildman–Crippen LogP) is 8.57. The molecule has 8 amide bonds. The number of fused-ring (bicyclic) bond motifs is 2. The van der Waals surface area contributed by atoms with Gasteiger partial charge in [-0.25, -0.2) is 24.7 Å². The molecule has 13 N–H and O–H groups in total. The Morgan fingerprint density at radius 2 is 1.03 bits per heavy atom. The second-order valence-corrected chi connectivity index (χ2v) is 28.6. The smallest absolute Gasteiger partial charge is 0.336 e. The first-order chi connectivity index (χ1) is 56.7. The van der Waals surface area contributed by atoms with Crippen LogP contribution in [0.15, 0.2) is 171 Å². The average Bonchev–Trinajstić information content (AvgIpc) is 1.70. The fourth-order valence-electron chi connectivity index (χ4n) is 13.3. The van der Waals surface area contributed by atoms with Crippen LogP contribution in [0.4, 0.5) is 45.6 Å². The number of nitrogens with zero attached hydrogens (tertiary/aromatic N) is 14. The lowest BCUT2D eigenvalue weighted by Crippen LogP contribution is -2.30. The Hall–Kier alpha value is -15.0. The molecule has 0 unspecified atom stereocenters. The zero-order valence-corrected chi connectivity index (χ0v) is 67.0. The maximum Gasteiger partial charge on any atom is 0.336 e. The number of thiol groups is 1. The van der Waals surface area contributed by atoms with Crippen LogP contribution in [0.1, 0.15) is 121 Å². The summed E-state index contributed by atoms with van der Waals surface area (Å²) in [4.78, 5) is 156. The number of rotatable bonds is 31. The number of carboxylic acid groups (broad SMARTS) is 1. The minimum atomic E-state index is -1.19. The number of hydrogen-bond acceptors (Lipinski definition) is 18. The molecule has 0 radical (unpaired) electrons. The monoisotopic (exact) mass is 1640 g/mol. The van der Waals surface area contributed by atoms with Crippen molar-refractivity contribution in [2.45, 2.75) is 32.2 Å². The van der Waals surface area contributed by atoms with Gasteiger partial charge in [0.2, 0.25) is 11.7 Å². The predicted molar refractivity (Wildman–Crippen MR) is 450 cm³/mol. The van der Waals surface area contributed by atoms with Gasteiger partial charge in [-0.2, -0.15) is 0 Å². The number of aromatic carboxylic acids is 1. The number of aliphatic hydroxyl groups is 2. The number of aromatic nitrogens is 10. The van der Waals surface area contributed by atoms with Gasteiger partial charge in [-0.3, -0.25) is 48.1 Å². The van der Waals surface area contributed by atoms with E-state index in [1.54, 1.807) is 121 Å². The van der Waals surface area contributed by atoms with Crippen LogP contribution in [0.2, 0.25) is 0 Å². The Balaban J connectivity index is 0.562.